The number of nitrogens with zero attached hydrogens (tertiary/aromatic N) is 1. The van der Waals surface area contributed by atoms with Gasteiger partial charge in [-0.15, -0.1) is 0 Å². The number of rotatable bonds is 3. The van der Waals surface area contributed by atoms with Crippen molar-refractivity contribution in [3.63, 3.8) is 0 Å². The van der Waals surface area contributed by atoms with Crippen LogP contribution in [0.5, 0.6) is 0 Å². The Hall–Kier alpha value is -0.580. The van der Waals surface area contributed by atoms with Crippen LogP contribution < -0.4 is 5.73 Å². The summed E-state index contributed by atoms with van der Waals surface area (Å²) >= 11 is 2.01. The van der Waals surface area contributed by atoms with Crippen molar-refractivity contribution >= 4 is 11.8 Å². The molecule has 2 rings (SSSR count). The number of halogens is 1. The molecular formula is C13H19FN2S. The van der Waals surface area contributed by atoms with E-state index in [1.54, 1.807) is 12.1 Å². The molecule has 0 radical (unpaired) electrons. The fourth-order valence-electron chi connectivity index (χ4n) is 2.22. The summed E-state index contributed by atoms with van der Waals surface area (Å²) in [5.74, 6) is 0.991. The van der Waals surface area contributed by atoms with Gasteiger partial charge >= 0.3 is 0 Å². The van der Waals surface area contributed by atoms with Crippen molar-refractivity contribution < 1.29 is 4.39 Å². The van der Waals surface area contributed by atoms with E-state index in [-0.39, 0.29) is 5.82 Å². The van der Waals surface area contributed by atoms with Crippen LogP contribution in [-0.2, 0) is 13.1 Å². The summed E-state index contributed by atoms with van der Waals surface area (Å²) in [6, 6.07) is 4.90. The van der Waals surface area contributed by atoms with Crippen LogP contribution in [0.3, 0.4) is 0 Å². The minimum Gasteiger partial charge on any atom is -0.326 e. The topological polar surface area (TPSA) is 29.3 Å². The molecule has 1 fully saturated rings. The lowest BCUT2D eigenvalue weighted by Crippen LogP contribution is -2.36. The van der Waals surface area contributed by atoms with E-state index < -0.39 is 0 Å². The summed E-state index contributed by atoms with van der Waals surface area (Å²) in [4.78, 5) is 2.38. The van der Waals surface area contributed by atoms with Gasteiger partial charge in [-0.2, -0.15) is 11.8 Å². The fraction of sp³-hybridized carbons (Fsp3) is 0.538. The predicted molar refractivity (Wildman–Crippen MR) is 71.5 cm³/mol. The Morgan fingerprint density at radius 2 is 2.29 bits per heavy atom. The van der Waals surface area contributed by atoms with Gasteiger partial charge in [0.1, 0.15) is 5.82 Å². The first kappa shape index (κ1) is 12.9. The highest BCUT2D eigenvalue weighted by Gasteiger charge is 2.17. The predicted octanol–water partition coefficient (Wildman–Crippen LogP) is 2.22. The Morgan fingerprint density at radius 1 is 1.47 bits per heavy atom. The first-order valence-corrected chi connectivity index (χ1v) is 7.05. The standard InChI is InChI=1S/C13H19FN2S/c1-10-8-16(4-5-17-10)9-12-6-13(14)3-2-11(12)7-15/h2-3,6,10H,4-5,7-9,15H2,1H3. The quantitative estimate of drug-likeness (QED) is 0.897. The average molecular weight is 254 g/mol. The van der Waals surface area contributed by atoms with Gasteiger partial charge in [-0.1, -0.05) is 13.0 Å². The van der Waals surface area contributed by atoms with E-state index in [2.05, 4.69) is 11.8 Å². The van der Waals surface area contributed by atoms with Crippen LogP contribution in [0.4, 0.5) is 4.39 Å². The SMILES string of the molecule is CC1CN(Cc2cc(F)ccc2CN)CCS1. The molecule has 4 heteroatoms. The van der Waals surface area contributed by atoms with Crippen molar-refractivity contribution in [3.8, 4) is 0 Å². The normalized spacial score (nSPS) is 21.7. The molecule has 1 saturated heterocycles. The minimum atomic E-state index is -0.170. The lowest BCUT2D eigenvalue weighted by atomic mass is 10.1. The largest absolute Gasteiger partial charge is 0.326 e. The number of thioether (sulfide) groups is 1. The van der Waals surface area contributed by atoms with Gasteiger partial charge in [0, 0.05) is 37.2 Å². The highest BCUT2D eigenvalue weighted by atomic mass is 32.2. The third kappa shape index (κ3) is 3.44. The van der Waals surface area contributed by atoms with Crippen LogP contribution in [0.25, 0.3) is 0 Å². The van der Waals surface area contributed by atoms with Gasteiger partial charge in [-0.25, -0.2) is 4.39 Å². The first-order chi connectivity index (χ1) is 8.19. The van der Waals surface area contributed by atoms with Crippen LogP contribution in [-0.4, -0.2) is 29.0 Å². The zero-order valence-corrected chi connectivity index (χ0v) is 11.0. The summed E-state index contributed by atoms with van der Waals surface area (Å²) in [6.45, 7) is 5.69. The lowest BCUT2D eigenvalue weighted by Gasteiger charge is -2.31. The second-order valence-corrected chi connectivity index (χ2v) is 6.08. The summed E-state index contributed by atoms with van der Waals surface area (Å²) < 4.78 is 13.3. The number of hydrogen-bond acceptors (Lipinski definition) is 3. The van der Waals surface area contributed by atoms with E-state index >= 15 is 0 Å². The molecule has 0 bridgehead atoms. The van der Waals surface area contributed by atoms with Crippen molar-refractivity contribution in [3.05, 3.63) is 35.1 Å². The Kier molecular flexibility index (Phi) is 4.42. The molecule has 0 aliphatic carbocycles. The van der Waals surface area contributed by atoms with Crippen LogP contribution >= 0.6 is 11.8 Å². The third-order valence-electron chi connectivity index (χ3n) is 3.11. The Labute approximate surface area is 106 Å². The van der Waals surface area contributed by atoms with Gasteiger partial charge < -0.3 is 5.73 Å². The van der Waals surface area contributed by atoms with Crippen molar-refractivity contribution in [1.29, 1.82) is 0 Å². The van der Waals surface area contributed by atoms with Crippen molar-refractivity contribution in [1.82, 2.24) is 4.90 Å². The maximum Gasteiger partial charge on any atom is 0.123 e. The second-order valence-electron chi connectivity index (χ2n) is 4.53. The van der Waals surface area contributed by atoms with Crippen LogP contribution in [0.2, 0.25) is 0 Å². The van der Waals surface area contributed by atoms with Crippen LogP contribution in [0.15, 0.2) is 18.2 Å². The first-order valence-electron chi connectivity index (χ1n) is 6.00. The van der Waals surface area contributed by atoms with Gasteiger partial charge in [0.2, 0.25) is 0 Å². The summed E-state index contributed by atoms with van der Waals surface area (Å²) in [7, 11) is 0. The molecule has 2 N–H and O–H groups in total. The van der Waals surface area contributed by atoms with E-state index in [1.807, 2.05) is 11.8 Å². The van der Waals surface area contributed by atoms with Gasteiger partial charge in [0.15, 0.2) is 0 Å². The number of nitrogens with two attached hydrogens (primary N) is 1. The average Bonchev–Trinajstić information content (AvgIpc) is 2.29. The second kappa shape index (κ2) is 5.85. The molecule has 2 nitrogen and oxygen atoms in total. The summed E-state index contributed by atoms with van der Waals surface area (Å²) in [5.41, 5.74) is 7.77. The Balaban J connectivity index is 2.08. The fourth-order valence-corrected chi connectivity index (χ4v) is 3.30. The number of hydrogen-bond donors (Lipinski definition) is 1. The van der Waals surface area contributed by atoms with Crippen molar-refractivity contribution in [2.45, 2.75) is 25.3 Å². The molecule has 94 valence electrons. The molecule has 17 heavy (non-hydrogen) atoms. The van der Waals surface area contributed by atoms with Crippen LogP contribution in [0.1, 0.15) is 18.1 Å². The van der Waals surface area contributed by atoms with Gasteiger partial charge in [0.25, 0.3) is 0 Å². The molecule has 1 aromatic carbocycles. The summed E-state index contributed by atoms with van der Waals surface area (Å²) in [5, 5.41) is 0.665. The molecule has 1 aliphatic rings. The smallest absolute Gasteiger partial charge is 0.123 e. The van der Waals surface area contributed by atoms with E-state index in [4.69, 9.17) is 5.73 Å². The molecule has 1 atom stereocenters. The minimum absolute atomic E-state index is 0.170. The highest BCUT2D eigenvalue weighted by molar-refractivity contribution is 7.99. The van der Waals surface area contributed by atoms with Gasteiger partial charge in [-0.3, -0.25) is 4.90 Å². The molecule has 0 amide bonds. The van der Waals surface area contributed by atoms with Gasteiger partial charge in [-0.05, 0) is 23.3 Å². The summed E-state index contributed by atoms with van der Waals surface area (Å²) in [6.07, 6.45) is 0. The molecule has 1 heterocycles. The van der Waals surface area contributed by atoms with E-state index in [0.717, 1.165) is 36.5 Å². The number of benzene rings is 1. The molecular weight excluding hydrogens is 235 g/mol. The molecule has 0 aromatic heterocycles. The van der Waals surface area contributed by atoms with Gasteiger partial charge in [0.05, 0.1) is 0 Å². The third-order valence-corrected chi connectivity index (χ3v) is 4.24. The van der Waals surface area contributed by atoms with Crippen molar-refractivity contribution in [2.24, 2.45) is 5.73 Å². The maximum absolute atomic E-state index is 13.3. The monoisotopic (exact) mass is 254 g/mol. The molecule has 1 aliphatic heterocycles. The zero-order valence-electron chi connectivity index (χ0n) is 10.2. The van der Waals surface area contributed by atoms with E-state index in [1.165, 1.54) is 6.07 Å². The van der Waals surface area contributed by atoms with E-state index in [9.17, 15) is 4.39 Å². The molecule has 0 spiro atoms. The Bertz CT molecular complexity index is 384. The molecule has 0 saturated carbocycles. The zero-order chi connectivity index (χ0) is 12.3. The Morgan fingerprint density at radius 3 is 3.00 bits per heavy atom. The lowest BCUT2D eigenvalue weighted by molar-refractivity contribution is 0.277. The molecule has 1 unspecified atom stereocenters. The highest BCUT2D eigenvalue weighted by Crippen LogP contribution is 2.21. The maximum atomic E-state index is 13.3. The van der Waals surface area contributed by atoms with E-state index in [0.29, 0.717) is 11.8 Å². The molecule has 1 aromatic rings. The van der Waals surface area contributed by atoms with Crippen LogP contribution in [0, 0.1) is 5.82 Å². The van der Waals surface area contributed by atoms with Crippen molar-refractivity contribution in [2.75, 3.05) is 18.8 Å².